The maximum absolute atomic E-state index is 9.05. The highest BCUT2D eigenvalue weighted by molar-refractivity contribution is 14.2. The molecule has 0 saturated carbocycles. The van der Waals surface area contributed by atoms with E-state index in [0.717, 1.165) is 11.3 Å². The lowest BCUT2D eigenvalue weighted by Crippen LogP contribution is -2.17. The van der Waals surface area contributed by atoms with Gasteiger partial charge in [0.15, 0.2) is 0 Å². The molecule has 15 heavy (non-hydrogen) atoms. The summed E-state index contributed by atoms with van der Waals surface area (Å²) in [5, 5.41) is 12.0. The molecule has 0 saturated heterocycles. The zero-order chi connectivity index (χ0) is 11.3. The van der Waals surface area contributed by atoms with Gasteiger partial charge in [-0.05, 0) is 40.2 Å². The van der Waals surface area contributed by atoms with Gasteiger partial charge in [-0.2, -0.15) is 5.26 Å². The topological polar surface area (TPSA) is 36.7 Å². The second-order valence-electron chi connectivity index (χ2n) is 3.44. The van der Waals surface area contributed by atoms with Crippen LogP contribution >= 0.6 is 30.1 Å². The highest BCUT2D eigenvalue weighted by Crippen LogP contribution is 2.23. The summed E-state index contributed by atoms with van der Waals surface area (Å²) in [5.41, 5.74) is 0.972. The van der Waals surface area contributed by atoms with Crippen molar-refractivity contribution in [1.82, 2.24) is 4.98 Å². The van der Waals surface area contributed by atoms with Crippen LogP contribution in [0.15, 0.2) is 18.3 Å². The molecule has 0 aliphatic rings. The Morgan fingerprint density at radius 2 is 2.27 bits per heavy atom. The van der Waals surface area contributed by atoms with Crippen molar-refractivity contribution in [1.29, 1.82) is 5.26 Å². The number of hydrogen-bond donors (Lipinski definition) is 0. The van der Waals surface area contributed by atoms with Crippen LogP contribution in [0.3, 0.4) is 0 Å². The number of aromatic nitrogens is 1. The van der Waals surface area contributed by atoms with Gasteiger partial charge in [0.1, 0.15) is 0 Å². The van der Waals surface area contributed by atoms with Gasteiger partial charge in [-0.15, -0.1) is 0 Å². The third kappa shape index (κ3) is 3.12. The number of nitrogens with zero attached hydrogens (tertiary/aromatic N) is 2. The van der Waals surface area contributed by atoms with Crippen molar-refractivity contribution in [3.63, 3.8) is 0 Å². The number of pyridine rings is 1. The molecule has 1 rings (SSSR count). The molecule has 0 amide bonds. The minimum Gasteiger partial charge on any atom is -0.258 e. The monoisotopic (exact) mass is 328 g/mol. The highest BCUT2D eigenvalue weighted by Gasteiger charge is 2.23. The van der Waals surface area contributed by atoms with Crippen molar-refractivity contribution >= 4 is 30.1 Å². The molecule has 0 N–H and O–H groups in total. The van der Waals surface area contributed by atoms with Crippen molar-refractivity contribution in [2.45, 2.75) is 19.3 Å². The zero-order valence-corrected chi connectivity index (χ0v) is 11.4. The zero-order valence-electron chi connectivity index (χ0n) is 8.41. The van der Waals surface area contributed by atoms with Crippen LogP contribution in [0.2, 0.25) is 0 Å². The van der Waals surface area contributed by atoms with Crippen molar-refractivity contribution < 1.29 is 0 Å². The summed E-state index contributed by atoms with van der Waals surface area (Å²) in [6.07, 6.45) is 1.69. The lowest BCUT2D eigenvalue weighted by Gasteiger charge is -2.15. The van der Waals surface area contributed by atoms with Crippen molar-refractivity contribution in [2.24, 2.45) is 0 Å². The van der Waals surface area contributed by atoms with E-state index in [1.54, 1.807) is 6.20 Å². The van der Waals surface area contributed by atoms with Gasteiger partial charge in [0.2, 0.25) is 0 Å². The SMILES string of the molecule is CC(C)(C#N)c1ncccc1C#CSI. The van der Waals surface area contributed by atoms with E-state index in [1.165, 1.54) is 8.93 Å². The molecule has 0 aliphatic heterocycles. The van der Waals surface area contributed by atoms with Crippen molar-refractivity contribution in [3.05, 3.63) is 29.6 Å². The largest absolute Gasteiger partial charge is 0.258 e. The first-order valence-corrected chi connectivity index (χ1v) is 7.63. The van der Waals surface area contributed by atoms with E-state index >= 15 is 0 Å². The Hall–Kier alpha value is -0.720. The fourth-order valence-corrected chi connectivity index (χ4v) is 1.61. The van der Waals surface area contributed by atoms with E-state index in [-0.39, 0.29) is 0 Å². The van der Waals surface area contributed by atoms with E-state index in [1.807, 2.05) is 26.0 Å². The first-order chi connectivity index (χ1) is 7.11. The molecule has 0 bridgehead atoms. The molecule has 2 nitrogen and oxygen atoms in total. The van der Waals surface area contributed by atoms with E-state index in [0.29, 0.717) is 0 Å². The molecular formula is C11H9IN2S. The molecule has 1 aromatic heterocycles. The molecule has 0 aromatic carbocycles. The molecule has 1 heterocycles. The quantitative estimate of drug-likeness (QED) is 0.586. The first-order valence-electron chi connectivity index (χ1n) is 4.27. The summed E-state index contributed by atoms with van der Waals surface area (Å²) in [7, 11) is 1.42. The van der Waals surface area contributed by atoms with Crippen molar-refractivity contribution in [3.8, 4) is 17.2 Å². The Kier molecular flexibility index (Phi) is 4.44. The third-order valence-corrected chi connectivity index (χ3v) is 2.74. The molecule has 0 aliphatic carbocycles. The minimum atomic E-state index is -0.596. The van der Waals surface area contributed by atoms with Gasteiger partial charge >= 0.3 is 0 Å². The van der Waals surface area contributed by atoms with Gasteiger partial charge in [0.25, 0.3) is 0 Å². The smallest absolute Gasteiger partial charge is 0.0949 e. The van der Waals surface area contributed by atoms with Gasteiger partial charge < -0.3 is 0 Å². The van der Waals surface area contributed by atoms with Crippen LogP contribution in [-0.2, 0) is 5.41 Å². The average molecular weight is 328 g/mol. The second kappa shape index (κ2) is 5.39. The van der Waals surface area contributed by atoms with Crippen LogP contribution in [0.1, 0.15) is 25.1 Å². The molecule has 76 valence electrons. The van der Waals surface area contributed by atoms with E-state index in [2.05, 4.69) is 43.4 Å². The molecule has 0 fully saturated rings. The molecule has 1 aromatic rings. The Labute approximate surface area is 106 Å². The van der Waals surface area contributed by atoms with Crippen molar-refractivity contribution in [2.75, 3.05) is 0 Å². The molecule has 0 unspecified atom stereocenters. The highest BCUT2D eigenvalue weighted by atomic mass is 127. The normalized spacial score (nSPS) is 10.0. The summed E-state index contributed by atoms with van der Waals surface area (Å²) >= 11 is 2.11. The van der Waals surface area contributed by atoms with Gasteiger partial charge in [-0.1, -0.05) is 5.92 Å². The molecule has 0 atom stereocenters. The standard InChI is InChI=1S/C11H9IN2S/c1-11(2,8-13)10-9(5-7-15-12)4-3-6-14-10/h3-4,6H,1-2H3. The lowest BCUT2D eigenvalue weighted by molar-refractivity contribution is 0.657. The van der Waals surface area contributed by atoms with E-state index < -0.39 is 5.41 Å². The van der Waals surface area contributed by atoms with Crippen LogP contribution in [0.5, 0.6) is 0 Å². The number of rotatable bonds is 1. The maximum atomic E-state index is 9.05. The Morgan fingerprint density at radius 1 is 1.53 bits per heavy atom. The van der Waals surface area contributed by atoms with Crippen LogP contribution in [0, 0.1) is 22.5 Å². The lowest BCUT2D eigenvalue weighted by atomic mass is 9.88. The van der Waals surface area contributed by atoms with Gasteiger partial charge in [-0.25, -0.2) is 0 Å². The van der Waals surface area contributed by atoms with Gasteiger partial charge in [0.05, 0.1) is 17.2 Å². The Morgan fingerprint density at radius 3 is 2.87 bits per heavy atom. The molecule has 0 spiro atoms. The van der Waals surface area contributed by atoms with Gasteiger partial charge in [-0.3, -0.25) is 4.98 Å². The maximum Gasteiger partial charge on any atom is 0.0949 e. The average Bonchev–Trinajstić information content (AvgIpc) is 2.26. The van der Waals surface area contributed by atoms with Crippen LogP contribution in [0.25, 0.3) is 0 Å². The first kappa shape index (κ1) is 12.4. The third-order valence-electron chi connectivity index (χ3n) is 1.90. The summed E-state index contributed by atoms with van der Waals surface area (Å²) in [6, 6.07) is 5.96. The molecule has 4 heteroatoms. The summed E-state index contributed by atoms with van der Waals surface area (Å²) in [6.45, 7) is 3.69. The number of hydrogen-bond acceptors (Lipinski definition) is 3. The predicted molar refractivity (Wildman–Crippen MR) is 71.4 cm³/mol. The number of nitriles is 1. The Bertz CT molecular complexity index is 452. The molecular weight excluding hydrogens is 319 g/mol. The summed E-state index contributed by atoms with van der Waals surface area (Å²) in [4.78, 5) is 4.24. The van der Waals surface area contributed by atoms with Crippen LogP contribution < -0.4 is 0 Å². The minimum absolute atomic E-state index is 0.596. The fourth-order valence-electron chi connectivity index (χ4n) is 1.13. The summed E-state index contributed by atoms with van der Waals surface area (Å²) in [5.74, 6) is 3.00. The Balaban J connectivity index is 3.25. The van der Waals surface area contributed by atoms with Crippen LogP contribution in [-0.4, -0.2) is 4.98 Å². The van der Waals surface area contributed by atoms with E-state index in [9.17, 15) is 0 Å². The fraction of sp³-hybridized carbons (Fsp3) is 0.273. The molecule has 0 radical (unpaired) electrons. The second-order valence-corrected chi connectivity index (χ2v) is 5.12. The predicted octanol–water partition coefficient (Wildman–Crippen LogP) is 3.27. The van der Waals surface area contributed by atoms with Gasteiger partial charge in [0, 0.05) is 33.0 Å². The number of halogens is 1. The summed E-state index contributed by atoms with van der Waals surface area (Å²) < 4.78 is 0. The van der Waals surface area contributed by atoms with E-state index in [4.69, 9.17) is 5.26 Å². The van der Waals surface area contributed by atoms with Crippen LogP contribution in [0.4, 0.5) is 0 Å².